The van der Waals surface area contributed by atoms with Gasteiger partial charge in [-0.1, -0.05) is 12.5 Å². The second kappa shape index (κ2) is 10.2. The molecule has 2 N–H and O–H groups in total. The molecule has 4 heterocycles. The van der Waals surface area contributed by atoms with Crippen LogP contribution in [0.1, 0.15) is 62.1 Å². The van der Waals surface area contributed by atoms with E-state index in [0.717, 1.165) is 76.2 Å². The summed E-state index contributed by atoms with van der Waals surface area (Å²) in [6.07, 6.45) is 7.62. The predicted octanol–water partition coefficient (Wildman–Crippen LogP) is 2.75. The van der Waals surface area contributed by atoms with Crippen molar-refractivity contribution in [3.8, 4) is 0 Å². The van der Waals surface area contributed by atoms with Gasteiger partial charge in [0.1, 0.15) is 0 Å². The van der Waals surface area contributed by atoms with E-state index in [2.05, 4.69) is 21.9 Å². The third kappa shape index (κ3) is 4.97. The van der Waals surface area contributed by atoms with Crippen LogP contribution in [0, 0.1) is 11.8 Å². The lowest BCUT2D eigenvalue weighted by Crippen LogP contribution is -2.50. The van der Waals surface area contributed by atoms with Crippen molar-refractivity contribution < 1.29 is 4.79 Å². The van der Waals surface area contributed by atoms with E-state index in [-0.39, 0.29) is 42.3 Å². The van der Waals surface area contributed by atoms with Crippen LogP contribution in [0.5, 0.6) is 0 Å². The van der Waals surface area contributed by atoms with E-state index < -0.39 is 0 Å². The van der Waals surface area contributed by atoms with Gasteiger partial charge in [-0.15, -0.1) is 24.8 Å². The Labute approximate surface area is 197 Å². The van der Waals surface area contributed by atoms with Gasteiger partial charge in [-0.2, -0.15) is 0 Å². The summed E-state index contributed by atoms with van der Waals surface area (Å²) >= 11 is 0. The Kier molecular flexibility index (Phi) is 8.11. The molecule has 4 atom stereocenters. The molecule has 1 amide bonds. The molecule has 174 valence electrons. The number of rotatable bonds is 3. The van der Waals surface area contributed by atoms with Crippen LogP contribution >= 0.6 is 24.8 Å². The molecule has 3 fully saturated rings. The number of halogens is 2. The maximum Gasteiger partial charge on any atom is 0.255 e. The molecule has 0 radical (unpaired) electrons. The fraction of sp³-hybridized carbons (Fsp3) is 0.739. The molecule has 1 saturated carbocycles. The summed E-state index contributed by atoms with van der Waals surface area (Å²) in [4.78, 5) is 30.7. The highest BCUT2D eigenvalue weighted by Crippen LogP contribution is 2.37. The van der Waals surface area contributed by atoms with E-state index in [9.17, 15) is 9.59 Å². The smallest absolute Gasteiger partial charge is 0.255 e. The van der Waals surface area contributed by atoms with Crippen LogP contribution < -0.4 is 11.3 Å². The molecule has 0 unspecified atom stereocenters. The summed E-state index contributed by atoms with van der Waals surface area (Å²) in [5, 5.41) is 0. The Morgan fingerprint density at radius 2 is 1.77 bits per heavy atom. The van der Waals surface area contributed by atoms with E-state index in [1.165, 1.54) is 19.3 Å². The molecule has 6 nitrogen and oxygen atoms in total. The van der Waals surface area contributed by atoms with Crippen molar-refractivity contribution in [3.05, 3.63) is 33.7 Å². The molecule has 2 saturated heterocycles. The third-order valence-corrected chi connectivity index (χ3v) is 7.66. The molecule has 1 aromatic heterocycles. The van der Waals surface area contributed by atoms with Gasteiger partial charge in [0.2, 0.25) is 5.91 Å². The first-order valence-electron chi connectivity index (χ1n) is 11.6. The molecule has 1 aliphatic carbocycles. The molecule has 4 aliphatic rings. The van der Waals surface area contributed by atoms with Crippen LogP contribution in [-0.2, 0) is 17.9 Å². The van der Waals surface area contributed by atoms with Crippen molar-refractivity contribution in [2.45, 2.75) is 70.0 Å². The third-order valence-electron chi connectivity index (χ3n) is 7.66. The fourth-order valence-electron chi connectivity index (χ4n) is 6.15. The molecule has 2 bridgehead atoms. The number of piperidine rings is 2. The van der Waals surface area contributed by atoms with Crippen molar-refractivity contribution in [2.24, 2.45) is 17.6 Å². The number of hydrogen-bond donors (Lipinski definition) is 1. The van der Waals surface area contributed by atoms with Crippen LogP contribution in [0.4, 0.5) is 0 Å². The minimum Gasteiger partial charge on any atom is -0.341 e. The number of likely N-dealkylation sites (tertiary alicyclic amines) is 2. The predicted molar refractivity (Wildman–Crippen MR) is 127 cm³/mol. The van der Waals surface area contributed by atoms with Gasteiger partial charge < -0.3 is 15.2 Å². The van der Waals surface area contributed by atoms with E-state index in [1.807, 2.05) is 4.57 Å². The van der Waals surface area contributed by atoms with Crippen molar-refractivity contribution in [1.29, 1.82) is 0 Å². The number of fused-ring (bicyclic) bond motifs is 4. The number of carbonyl (C=O) groups is 1. The van der Waals surface area contributed by atoms with Gasteiger partial charge in [0.15, 0.2) is 0 Å². The van der Waals surface area contributed by atoms with Gasteiger partial charge in [0.25, 0.3) is 5.56 Å². The highest BCUT2D eigenvalue weighted by Gasteiger charge is 2.39. The SMILES string of the molecule is Cl.Cl.N[C@H]1CC[C@@H](C(=O)N2C[C@@H]3C[C@H](C2)c2ccc(CN4CCCCC4)c(=O)n2C3)C1. The average molecular weight is 471 g/mol. The molecule has 1 aromatic rings. The van der Waals surface area contributed by atoms with Gasteiger partial charge in [0.05, 0.1) is 0 Å². The molecule has 8 heteroatoms. The Morgan fingerprint density at radius 3 is 2.48 bits per heavy atom. The topological polar surface area (TPSA) is 71.6 Å². The zero-order valence-corrected chi connectivity index (χ0v) is 19.8. The van der Waals surface area contributed by atoms with E-state index in [0.29, 0.717) is 17.7 Å². The van der Waals surface area contributed by atoms with Crippen LogP contribution in [0.15, 0.2) is 16.9 Å². The minimum absolute atomic E-state index is 0. The first kappa shape index (κ1) is 24.6. The monoisotopic (exact) mass is 470 g/mol. The second-order valence-corrected chi connectivity index (χ2v) is 9.85. The Bertz CT molecular complexity index is 839. The quantitative estimate of drug-likeness (QED) is 0.736. The summed E-state index contributed by atoms with van der Waals surface area (Å²) in [5.41, 5.74) is 8.30. The summed E-state index contributed by atoms with van der Waals surface area (Å²) in [5.74, 6) is 1.09. The highest BCUT2D eigenvalue weighted by atomic mass is 35.5. The van der Waals surface area contributed by atoms with Gasteiger partial charge in [-0.3, -0.25) is 14.5 Å². The summed E-state index contributed by atoms with van der Waals surface area (Å²) < 4.78 is 2.03. The number of aromatic nitrogens is 1. The molecule has 31 heavy (non-hydrogen) atoms. The van der Waals surface area contributed by atoms with Crippen molar-refractivity contribution in [2.75, 3.05) is 26.2 Å². The molecule has 5 rings (SSSR count). The highest BCUT2D eigenvalue weighted by molar-refractivity contribution is 5.85. The van der Waals surface area contributed by atoms with Gasteiger partial charge >= 0.3 is 0 Å². The maximum atomic E-state index is 13.2. The normalized spacial score (nSPS) is 30.2. The lowest BCUT2D eigenvalue weighted by molar-refractivity contribution is -0.138. The lowest BCUT2D eigenvalue weighted by atomic mass is 9.82. The van der Waals surface area contributed by atoms with E-state index in [1.54, 1.807) is 0 Å². The molecule has 0 aromatic carbocycles. The number of hydrogen-bond acceptors (Lipinski definition) is 4. The number of carbonyl (C=O) groups excluding carboxylic acids is 1. The second-order valence-electron chi connectivity index (χ2n) is 9.85. The zero-order valence-electron chi connectivity index (χ0n) is 18.2. The lowest BCUT2D eigenvalue weighted by Gasteiger charge is -2.43. The Hall–Kier alpha value is -1.08. The van der Waals surface area contributed by atoms with Crippen LogP contribution in [0.2, 0.25) is 0 Å². The summed E-state index contributed by atoms with van der Waals surface area (Å²) in [6, 6.07) is 4.41. The summed E-state index contributed by atoms with van der Waals surface area (Å²) in [6.45, 7) is 5.30. The van der Waals surface area contributed by atoms with Crippen molar-refractivity contribution in [1.82, 2.24) is 14.4 Å². The Morgan fingerprint density at radius 1 is 1.00 bits per heavy atom. The van der Waals surface area contributed by atoms with Crippen molar-refractivity contribution >= 4 is 30.7 Å². The zero-order chi connectivity index (χ0) is 20.0. The minimum atomic E-state index is 0. The number of pyridine rings is 1. The van der Waals surface area contributed by atoms with E-state index in [4.69, 9.17) is 5.73 Å². The van der Waals surface area contributed by atoms with Crippen LogP contribution in [0.25, 0.3) is 0 Å². The molecular formula is C23H36Cl2N4O2. The van der Waals surface area contributed by atoms with Gasteiger partial charge in [0, 0.05) is 55.3 Å². The number of nitrogens with two attached hydrogens (primary N) is 1. The molecule has 3 aliphatic heterocycles. The standard InChI is InChI=1S/C23H34N4O2.2ClH/c24-20-6-4-17(11-20)22(28)26-12-16-10-19(15-26)21-7-5-18(23(29)27(21)13-16)14-25-8-2-1-3-9-25;;/h5,7,16-17,19-20H,1-4,6,8-15,24H2;2*1H/t16-,17+,19+,20-;;/m0../s1. The van der Waals surface area contributed by atoms with Crippen LogP contribution in [0.3, 0.4) is 0 Å². The van der Waals surface area contributed by atoms with Gasteiger partial charge in [-0.25, -0.2) is 0 Å². The first-order valence-corrected chi connectivity index (χ1v) is 11.6. The van der Waals surface area contributed by atoms with E-state index >= 15 is 0 Å². The number of nitrogens with zero attached hydrogens (tertiary/aromatic N) is 3. The van der Waals surface area contributed by atoms with Crippen molar-refractivity contribution in [3.63, 3.8) is 0 Å². The maximum absolute atomic E-state index is 13.2. The van der Waals surface area contributed by atoms with Crippen LogP contribution in [-0.4, -0.2) is 52.5 Å². The Balaban J connectivity index is 0.00000136. The number of amides is 1. The first-order chi connectivity index (χ1) is 14.1. The summed E-state index contributed by atoms with van der Waals surface area (Å²) in [7, 11) is 0. The van der Waals surface area contributed by atoms with Gasteiger partial charge in [-0.05, 0) is 63.6 Å². The fourth-order valence-corrected chi connectivity index (χ4v) is 6.15. The largest absolute Gasteiger partial charge is 0.341 e. The molecule has 0 spiro atoms. The average Bonchev–Trinajstić information content (AvgIpc) is 3.17. The molecular weight excluding hydrogens is 435 g/mol.